The Morgan fingerprint density at radius 3 is 2.46 bits per heavy atom. The molecule has 0 heterocycles. The monoisotopic (exact) mass is 351 g/mol. The van der Waals surface area contributed by atoms with Crippen molar-refractivity contribution >= 4 is 17.5 Å². The summed E-state index contributed by atoms with van der Waals surface area (Å²) >= 11 is 0. The smallest absolute Gasteiger partial charge is 0.251 e. The highest BCUT2D eigenvalue weighted by atomic mass is 16.2. The molecule has 0 atom stereocenters. The highest BCUT2D eigenvalue weighted by Gasteiger charge is 2.30. The molecule has 0 bridgehead atoms. The van der Waals surface area contributed by atoms with Crippen molar-refractivity contribution in [1.29, 1.82) is 0 Å². The number of aryl methyl sites for hydroxylation is 1. The molecular weight excluding hydrogens is 326 g/mol. The van der Waals surface area contributed by atoms with Gasteiger partial charge in [0, 0.05) is 30.9 Å². The van der Waals surface area contributed by atoms with Gasteiger partial charge < -0.3 is 10.6 Å². The molecule has 136 valence electrons. The average molecular weight is 351 g/mol. The second kappa shape index (κ2) is 8.15. The van der Waals surface area contributed by atoms with Crippen molar-refractivity contribution in [2.75, 3.05) is 18.9 Å². The number of nitrogens with one attached hydrogen (secondary N) is 2. The van der Waals surface area contributed by atoms with E-state index in [1.54, 1.807) is 31.3 Å². The predicted octanol–water partition coefficient (Wildman–Crippen LogP) is 2.96. The molecule has 26 heavy (non-hydrogen) atoms. The molecule has 5 nitrogen and oxygen atoms in total. The van der Waals surface area contributed by atoms with Crippen LogP contribution < -0.4 is 10.6 Å². The molecule has 3 rings (SSSR count). The Labute approximate surface area is 154 Å². The first kappa shape index (κ1) is 18.1. The van der Waals surface area contributed by atoms with E-state index in [1.807, 2.05) is 0 Å². The minimum atomic E-state index is -0.138. The Hall–Kier alpha value is -2.66. The third-order valence-electron chi connectivity index (χ3n) is 4.54. The van der Waals surface area contributed by atoms with Gasteiger partial charge in [0.25, 0.3) is 5.91 Å². The van der Waals surface area contributed by atoms with E-state index >= 15 is 0 Å². The Kier molecular flexibility index (Phi) is 5.68. The average Bonchev–Trinajstić information content (AvgIpc) is 3.46. The van der Waals surface area contributed by atoms with Crippen LogP contribution in [0.5, 0.6) is 0 Å². The molecular formula is C21H25N3O2. The molecule has 0 saturated heterocycles. The van der Waals surface area contributed by atoms with Crippen LogP contribution in [0.1, 0.15) is 34.3 Å². The minimum Gasteiger partial charge on any atom is -0.355 e. The molecule has 2 aromatic carbocycles. The van der Waals surface area contributed by atoms with Gasteiger partial charge >= 0.3 is 0 Å². The van der Waals surface area contributed by atoms with Crippen LogP contribution in [0.25, 0.3) is 0 Å². The lowest BCUT2D eigenvalue weighted by Crippen LogP contribution is -2.34. The maximum absolute atomic E-state index is 12.5. The number of anilines is 1. The van der Waals surface area contributed by atoms with E-state index in [1.165, 1.54) is 11.1 Å². The SMILES string of the molecule is CNC(=O)c1ccc(NC(=O)CN(Cc2cccc(C)c2)C2CC2)cc1. The normalized spacial score (nSPS) is 13.5. The second-order valence-corrected chi connectivity index (χ2v) is 6.83. The summed E-state index contributed by atoms with van der Waals surface area (Å²) in [5.74, 6) is -0.168. The summed E-state index contributed by atoms with van der Waals surface area (Å²) in [6, 6.07) is 15.8. The topological polar surface area (TPSA) is 61.4 Å². The lowest BCUT2D eigenvalue weighted by Gasteiger charge is -2.21. The van der Waals surface area contributed by atoms with Crippen LogP contribution in [0.4, 0.5) is 5.69 Å². The quantitative estimate of drug-likeness (QED) is 0.806. The number of carbonyl (C=O) groups excluding carboxylic acids is 2. The van der Waals surface area contributed by atoms with Crippen LogP contribution in [0.2, 0.25) is 0 Å². The Morgan fingerprint density at radius 1 is 1.12 bits per heavy atom. The lowest BCUT2D eigenvalue weighted by molar-refractivity contribution is -0.117. The maximum atomic E-state index is 12.5. The molecule has 1 fully saturated rings. The van der Waals surface area contributed by atoms with Crippen molar-refractivity contribution in [3.8, 4) is 0 Å². The molecule has 0 aromatic heterocycles. The van der Waals surface area contributed by atoms with Crippen LogP contribution in [-0.4, -0.2) is 36.3 Å². The lowest BCUT2D eigenvalue weighted by atomic mass is 10.1. The van der Waals surface area contributed by atoms with Gasteiger partial charge in [-0.15, -0.1) is 0 Å². The summed E-state index contributed by atoms with van der Waals surface area (Å²) in [7, 11) is 1.60. The zero-order chi connectivity index (χ0) is 18.5. The molecule has 2 amide bonds. The molecule has 0 radical (unpaired) electrons. The molecule has 1 saturated carbocycles. The van der Waals surface area contributed by atoms with Crippen molar-refractivity contribution in [1.82, 2.24) is 10.2 Å². The van der Waals surface area contributed by atoms with E-state index in [4.69, 9.17) is 0 Å². The van der Waals surface area contributed by atoms with Gasteiger partial charge in [-0.2, -0.15) is 0 Å². The van der Waals surface area contributed by atoms with Gasteiger partial charge in [0.2, 0.25) is 5.91 Å². The maximum Gasteiger partial charge on any atom is 0.251 e. The van der Waals surface area contributed by atoms with E-state index in [-0.39, 0.29) is 11.8 Å². The van der Waals surface area contributed by atoms with Crippen molar-refractivity contribution in [2.45, 2.75) is 32.4 Å². The molecule has 0 spiro atoms. The fourth-order valence-corrected chi connectivity index (χ4v) is 3.03. The summed E-state index contributed by atoms with van der Waals surface area (Å²) in [6.45, 7) is 3.24. The van der Waals surface area contributed by atoms with E-state index < -0.39 is 0 Å². The van der Waals surface area contributed by atoms with Crippen LogP contribution >= 0.6 is 0 Å². The molecule has 1 aliphatic carbocycles. The summed E-state index contributed by atoms with van der Waals surface area (Å²) in [6.07, 6.45) is 2.31. The van der Waals surface area contributed by atoms with Gasteiger partial charge in [0.05, 0.1) is 6.54 Å². The Balaban J connectivity index is 1.59. The minimum absolute atomic E-state index is 0.0303. The standard InChI is InChI=1S/C21H25N3O2/c1-15-4-3-5-16(12-15)13-24(19-10-11-19)14-20(25)23-18-8-6-17(7-9-18)21(26)22-2/h3-9,12,19H,10-11,13-14H2,1-2H3,(H,22,26)(H,23,25). The number of carbonyl (C=O) groups is 2. The van der Waals surface area contributed by atoms with Crippen molar-refractivity contribution in [2.24, 2.45) is 0 Å². The van der Waals surface area contributed by atoms with Gasteiger partial charge in [-0.05, 0) is 49.6 Å². The van der Waals surface area contributed by atoms with Crippen LogP contribution in [0, 0.1) is 6.92 Å². The number of benzene rings is 2. The Bertz CT molecular complexity index is 782. The van der Waals surface area contributed by atoms with Crippen LogP contribution in [0.3, 0.4) is 0 Å². The molecule has 2 aromatic rings. The highest BCUT2D eigenvalue weighted by Crippen LogP contribution is 2.28. The molecule has 0 aliphatic heterocycles. The van der Waals surface area contributed by atoms with Crippen LogP contribution in [-0.2, 0) is 11.3 Å². The first-order valence-corrected chi connectivity index (χ1v) is 8.97. The molecule has 5 heteroatoms. The number of hydrogen-bond donors (Lipinski definition) is 2. The van der Waals surface area contributed by atoms with Crippen molar-refractivity contribution < 1.29 is 9.59 Å². The third kappa shape index (κ3) is 4.92. The fraction of sp³-hybridized carbons (Fsp3) is 0.333. The number of rotatable bonds is 7. The van der Waals surface area contributed by atoms with E-state index in [9.17, 15) is 9.59 Å². The summed E-state index contributed by atoms with van der Waals surface area (Å²) in [5.41, 5.74) is 3.75. The highest BCUT2D eigenvalue weighted by molar-refractivity contribution is 5.96. The first-order valence-electron chi connectivity index (χ1n) is 8.97. The van der Waals surface area contributed by atoms with E-state index in [0.717, 1.165) is 19.4 Å². The fourth-order valence-electron chi connectivity index (χ4n) is 3.03. The zero-order valence-corrected chi connectivity index (χ0v) is 15.3. The number of hydrogen-bond acceptors (Lipinski definition) is 3. The Morgan fingerprint density at radius 2 is 1.85 bits per heavy atom. The first-order chi connectivity index (χ1) is 12.5. The number of amides is 2. The van der Waals surface area contributed by atoms with Gasteiger partial charge in [0.1, 0.15) is 0 Å². The van der Waals surface area contributed by atoms with Gasteiger partial charge in [-0.1, -0.05) is 29.8 Å². The summed E-state index contributed by atoms with van der Waals surface area (Å²) < 4.78 is 0. The summed E-state index contributed by atoms with van der Waals surface area (Å²) in [5, 5.41) is 5.51. The van der Waals surface area contributed by atoms with Crippen molar-refractivity contribution in [3.05, 3.63) is 65.2 Å². The third-order valence-corrected chi connectivity index (χ3v) is 4.54. The van der Waals surface area contributed by atoms with E-state index in [0.29, 0.717) is 23.8 Å². The van der Waals surface area contributed by atoms with Crippen LogP contribution in [0.15, 0.2) is 48.5 Å². The molecule has 0 unspecified atom stereocenters. The number of nitrogens with zero attached hydrogens (tertiary/aromatic N) is 1. The van der Waals surface area contributed by atoms with Gasteiger partial charge in [-0.25, -0.2) is 0 Å². The predicted molar refractivity (Wildman–Crippen MR) is 103 cm³/mol. The zero-order valence-electron chi connectivity index (χ0n) is 15.3. The second-order valence-electron chi connectivity index (χ2n) is 6.83. The van der Waals surface area contributed by atoms with Crippen molar-refractivity contribution in [3.63, 3.8) is 0 Å². The van der Waals surface area contributed by atoms with E-state index in [2.05, 4.69) is 46.7 Å². The molecule has 1 aliphatic rings. The largest absolute Gasteiger partial charge is 0.355 e. The molecule has 2 N–H and O–H groups in total. The summed E-state index contributed by atoms with van der Waals surface area (Å²) in [4.78, 5) is 26.3. The van der Waals surface area contributed by atoms with Gasteiger partial charge in [-0.3, -0.25) is 14.5 Å². The van der Waals surface area contributed by atoms with Gasteiger partial charge in [0.15, 0.2) is 0 Å².